The van der Waals surface area contributed by atoms with Crippen molar-refractivity contribution in [2.45, 2.75) is 6.04 Å². The minimum absolute atomic E-state index is 0.0290. The monoisotopic (exact) mass is 239 g/mol. The van der Waals surface area contributed by atoms with Gasteiger partial charge in [0.1, 0.15) is 11.9 Å². The Morgan fingerprint density at radius 2 is 2.13 bits per heavy atom. The summed E-state index contributed by atoms with van der Waals surface area (Å²) >= 11 is 7.68. The molecule has 0 radical (unpaired) electrons. The summed E-state index contributed by atoms with van der Waals surface area (Å²) in [6.07, 6.45) is 3.46. The second-order valence-corrected chi connectivity index (χ2v) is 4.32. The lowest BCUT2D eigenvalue weighted by Crippen LogP contribution is -2.19. The molecule has 1 unspecified atom stereocenters. The molecule has 1 N–H and O–H groups in total. The van der Waals surface area contributed by atoms with Crippen molar-refractivity contribution in [3.05, 3.63) is 45.6 Å². The van der Waals surface area contributed by atoms with Crippen LogP contribution in [0.4, 0.5) is 0 Å². The van der Waals surface area contributed by atoms with Crippen LogP contribution in [-0.4, -0.2) is 17.0 Å². The molecule has 2 aromatic rings. The summed E-state index contributed by atoms with van der Waals surface area (Å²) < 4.78 is 0. The Bertz CT molecular complexity index is 429. The van der Waals surface area contributed by atoms with Crippen molar-refractivity contribution in [2.24, 2.45) is 0 Å². The Balaban J connectivity index is 2.37. The molecule has 0 aliphatic carbocycles. The summed E-state index contributed by atoms with van der Waals surface area (Å²) in [5, 5.41) is 5.88. The van der Waals surface area contributed by atoms with E-state index in [2.05, 4.69) is 15.3 Å². The number of aromatic nitrogens is 2. The van der Waals surface area contributed by atoms with Gasteiger partial charge in [-0.15, -0.1) is 11.3 Å². The molecule has 15 heavy (non-hydrogen) atoms. The fourth-order valence-corrected chi connectivity index (χ4v) is 2.62. The van der Waals surface area contributed by atoms with Crippen LogP contribution in [0.15, 0.2) is 29.9 Å². The fraction of sp³-hybridized carbons (Fsp3) is 0.200. The lowest BCUT2D eigenvalue weighted by atomic mass is 10.2. The van der Waals surface area contributed by atoms with Gasteiger partial charge >= 0.3 is 0 Å². The van der Waals surface area contributed by atoms with Crippen LogP contribution in [0, 0.1) is 0 Å². The summed E-state index contributed by atoms with van der Waals surface area (Å²) in [6.45, 7) is 0. The predicted molar refractivity (Wildman–Crippen MR) is 62.3 cm³/mol. The van der Waals surface area contributed by atoms with E-state index >= 15 is 0 Å². The van der Waals surface area contributed by atoms with Gasteiger partial charge in [-0.1, -0.05) is 11.6 Å². The van der Waals surface area contributed by atoms with Crippen LogP contribution in [-0.2, 0) is 0 Å². The van der Waals surface area contributed by atoms with Crippen LogP contribution >= 0.6 is 22.9 Å². The maximum atomic E-state index is 6.08. The van der Waals surface area contributed by atoms with E-state index in [0.717, 1.165) is 15.7 Å². The summed E-state index contributed by atoms with van der Waals surface area (Å²) in [7, 11) is 1.87. The third-order valence-corrected chi connectivity index (χ3v) is 3.46. The van der Waals surface area contributed by atoms with Crippen LogP contribution in [0.3, 0.4) is 0 Å². The van der Waals surface area contributed by atoms with Gasteiger partial charge in [-0.2, -0.15) is 0 Å². The van der Waals surface area contributed by atoms with Crippen LogP contribution in [0.1, 0.15) is 16.7 Å². The number of hydrogen-bond acceptors (Lipinski definition) is 4. The Kier molecular flexibility index (Phi) is 3.30. The van der Waals surface area contributed by atoms with E-state index in [9.17, 15) is 0 Å². The van der Waals surface area contributed by atoms with Crippen molar-refractivity contribution in [3.63, 3.8) is 0 Å². The molecule has 0 aliphatic rings. The molecule has 0 fully saturated rings. The summed E-state index contributed by atoms with van der Waals surface area (Å²) in [6, 6.07) is 3.65. The summed E-state index contributed by atoms with van der Waals surface area (Å²) in [4.78, 5) is 9.49. The first-order valence-corrected chi connectivity index (χ1v) is 5.75. The highest BCUT2D eigenvalue weighted by Crippen LogP contribution is 2.30. The zero-order valence-electron chi connectivity index (χ0n) is 8.14. The highest BCUT2D eigenvalue weighted by atomic mass is 35.5. The van der Waals surface area contributed by atoms with Crippen LogP contribution in [0.25, 0.3) is 0 Å². The quantitative estimate of drug-likeness (QED) is 0.895. The largest absolute Gasteiger partial charge is 0.306 e. The van der Waals surface area contributed by atoms with Crippen molar-refractivity contribution in [3.8, 4) is 0 Å². The highest BCUT2D eigenvalue weighted by Gasteiger charge is 2.18. The van der Waals surface area contributed by atoms with Gasteiger partial charge in [-0.3, -0.25) is 0 Å². The number of hydrogen-bond donors (Lipinski definition) is 1. The molecule has 3 nitrogen and oxygen atoms in total. The van der Waals surface area contributed by atoms with Gasteiger partial charge in [0.25, 0.3) is 0 Å². The zero-order chi connectivity index (χ0) is 10.7. The Morgan fingerprint density at radius 1 is 1.40 bits per heavy atom. The van der Waals surface area contributed by atoms with Crippen molar-refractivity contribution < 1.29 is 0 Å². The van der Waals surface area contributed by atoms with Gasteiger partial charge in [-0.05, 0) is 24.6 Å². The second kappa shape index (κ2) is 4.70. The van der Waals surface area contributed by atoms with Crippen LogP contribution < -0.4 is 5.32 Å². The molecule has 0 aromatic carbocycles. The molecule has 2 aromatic heterocycles. The molecule has 0 spiro atoms. The van der Waals surface area contributed by atoms with Crippen molar-refractivity contribution in [1.82, 2.24) is 15.3 Å². The first kappa shape index (κ1) is 10.5. The van der Waals surface area contributed by atoms with E-state index in [0.29, 0.717) is 0 Å². The third-order valence-electron chi connectivity index (χ3n) is 2.04. The van der Waals surface area contributed by atoms with Gasteiger partial charge in [-0.25, -0.2) is 9.97 Å². The normalized spacial score (nSPS) is 12.7. The molecule has 78 valence electrons. The number of rotatable bonds is 3. The van der Waals surface area contributed by atoms with Crippen molar-refractivity contribution in [1.29, 1.82) is 0 Å². The third kappa shape index (κ3) is 2.17. The first-order chi connectivity index (χ1) is 7.33. The minimum atomic E-state index is -0.0290. The van der Waals surface area contributed by atoms with Gasteiger partial charge in [0.15, 0.2) is 0 Å². The van der Waals surface area contributed by atoms with Crippen LogP contribution in [0.5, 0.6) is 0 Å². The molecule has 0 saturated heterocycles. The maximum absolute atomic E-state index is 6.08. The molecule has 0 saturated carbocycles. The number of nitrogens with zero attached hydrogens (tertiary/aromatic N) is 2. The molecule has 1 atom stereocenters. The van der Waals surface area contributed by atoms with E-state index in [4.69, 9.17) is 11.6 Å². The standard InChI is InChI=1S/C10H10ClN3S/c1-12-8(9-7(11)3-6-15-9)10-13-4-2-5-14-10/h2-6,8,12H,1H3. The summed E-state index contributed by atoms with van der Waals surface area (Å²) in [5.41, 5.74) is 0. The molecular weight excluding hydrogens is 230 g/mol. The molecule has 5 heteroatoms. The second-order valence-electron chi connectivity index (χ2n) is 2.96. The smallest absolute Gasteiger partial charge is 0.150 e. The molecule has 2 rings (SSSR count). The molecule has 0 amide bonds. The van der Waals surface area contributed by atoms with E-state index in [1.54, 1.807) is 29.8 Å². The minimum Gasteiger partial charge on any atom is -0.306 e. The Hall–Kier alpha value is -0.970. The lowest BCUT2D eigenvalue weighted by molar-refractivity contribution is 0.656. The topological polar surface area (TPSA) is 37.8 Å². The van der Waals surface area contributed by atoms with Gasteiger partial charge < -0.3 is 5.32 Å². The van der Waals surface area contributed by atoms with Crippen molar-refractivity contribution in [2.75, 3.05) is 7.05 Å². The van der Waals surface area contributed by atoms with E-state index < -0.39 is 0 Å². The Morgan fingerprint density at radius 3 is 2.67 bits per heavy atom. The molecule has 0 bridgehead atoms. The average molecular weight is 240 g/mol. The molecular formula is C10H10ClN3S. The SMILES string of the molecule is CNC(c1ncccn1)c1sccc1Cl. The van der Waals surface area contributed by atoms with E-state index in [-0.39, 0.29) is 6.04 Å². The summed E-state index contributed by atoms with van der Waals surface area (Å²) in [5.74, 6) is 0.740. The van der Waals surface area contributed by atoms with Gasteiger partial charge in [0.05, 0.1) is 5.02 Å². The highest BCUT2D eigenvalue weighted by molar-refractivity contribution is 7.10. The number of nitrogens with one attached hydrogen (secondary N) is 1. The zero-order valence-corrected chi connectivity index (χ0v) is 9.72. The lowest BCUT2D eigenvalue weighted by Gasteiger charge is -2.12. The molecule has 2 heterocycles. The number of thiophene rings is 1. The fourth-order valence-electron chi connectivity index (χ4n) is 1.35. The Labute approximate surface area is 97.2 Å². The van der Waals surface area contributed by atoms with Crippen LogP contribution in [0.2, 0.25) is 5.02 Å². The van der Waals surface area contributed by atoms with Crippen molar-refractivity contribution >= 4 is 22.9 Å². The maximum Gasteiger partial charge on any atom is 0.150 e. The number of halogens is 1. The first-order valence-electron chi connectivity index (χ1n) is 4.50. The van der Waals surface area contributed by atoms with E-state index in [1.807, 2.05) is 18.5 Å². The van der Waals surface area contributed by atoms with Gasteiger partial charge in [0.2, 0.25) is 0 Å². The molecule has 0 aliphatic heterocycles. The van der Waals surface area contributed by atoms with Gasteiger partial charge in [0, 0.05) is 17.3 Å². The average Bonchev–Trinajstić information content (AvgIpc) is 2.68. The predicted octanol–water partition coefficient (Wildman–Crippen LogP) is 2.50. The van der Waals surface area contributed by atoms with E-state index in [1.165, 1.54) is 0 Å².